The summed E-state index contributed by atoms with van der Waals surface area (Å²) in [6.45, 7) is 3.51. The summed E-state index contributed by atoms with van der Waals surface area (Å²) < 4.78 is 18.2. The highest BCUT2D eigenvalue weighted by Crippen LogP contribution is 2.17. The number of nitrogens with one attached hydrogen (secondary N) is 2. The van der Waals surface area contributed by atoms with E-state index >= 15 is 0 Å². The van der Waals surface area contributed by atoms with Gasteiger partial charge in [0.05, 0.1) is 13.7 Å². The van der Waals surface area contributed by atoms with Gasteiger partial charge in [-0.1, -0.05) is 13.0 Å². The lowest BCUT2D eigenvalue weighted by Crippen LogP contribution is -2.34. The number of benzene rings is 1. The molecule has 0 radical (unpaired) electrons. The molecule has 0 aliphatic heterocycles. The van der Waals surface area contributed by atoms with Crippen molar-refractivity contribution in [1.29, 1.82) is 0 Å². The second-order valence-corrected chi connectivity index (χ2v) is 3.85. The predicted molar refractivity (Wildman–Crippen MR) is 68.2 cm³/mol. The van der Waals surface area contributed by atoms with Gasteiger partial charge >= 0.3 is 0 Å². The fraction of sp³-hybridized carbons (Fsp3) is 0.462. The lowest BCUT2D eigenvalue weighted by atomic mass is 10.1. The van der Waals surface area contributed by atoms with Gasteiger partial charge in [0, 0.05) is 6.54 Å². The third-order valence-corrected chi connectivity index (χ3v) is 2.49. The van der Waals surface area contributed by atoms with Crippen molar-refractivity contribution in [3.8, 4) is 5.75 Å². The van der Waals surface area contributed by atoms with Crippen LogP contribution in [0.15, 0.2) is 18.2 Å². The molecule has 4 nitrogen and oxygen atoms in total. The maximum absolute atomic E-state index is 13.4. The molecule has 0 aliphatic rings. The molecule has 1 amide bonds. The third-order valence-electron chi connectivity index (χ3n) is 2.49. The smallest absolute Gasteiger partial charge is 0.233 e. The molecule has 1 aromatic rings. The van der Waals surface area contributed by atoms with Crippen LogP contribution in [-0.2, 0) is 11.2 Å². The summed E-state index contributed by atoms with van der Waals surface area (Å²) in [5.74, 6) is -0.199. The van der Waals surface area contributed by atoms with Crippen molar-refractivity contribution in [2.75, 3.05) is 26.7 Å². The molecular weight excluding hydrogens is 235 g/mol. The van der Waals surface area contributed by atoms with Gasteiger partial charge < -0.3 is 15.4 Å². The molecule has 0 aliphatic carbocycles. The molecule has 1 aromatic carbocycles. The Labute approximate surface area is 107 Å². The number of rotatable bonds is 7. The van der Waals surface area contributed by atoms with E-state index in [4.69, 9.17) is 4.74 Å². The summed E-state index contributed by atoms with van der Waals surface area (Å²) in [7, 11) is 1.43. The fourth-order valence-corrected chi connectivity index (χ4v) is 1.51. The van der Waals surface area contributed by atoms with Crippen molar-refractivity contribution in [2.45, 2.75) is 13.3 Å². The standard InChI is InChI=1S/C13H19FN2O2/c1-3-15-9-13(17)16-7-6-10-4-5-12(18-2)11(14)8-10/h4-5,8,15H,3,6-7,9H2,1-2H3,(H,16,17). The first-order chi connectivity index (χ1) is 8.67. The molecule has 100 valence electrons. The summed E-state index contributed by atoms with van der Waals surface area (Å²) >= 11 is 0. The van der Waals surface area contributed by atoms with Crippen LogP contribution in [0, 0.1) is 5.82 Å². The normalized spacial score (nSPS) is 10.2. The molecule has 0 unspecified atom stereocenters. The van der Waals surface area contributed by atoms with Crippen molar-refractivity contribution >= 4 is 5.91 Å². The van der Waals surface area contributed by atoms with Crippen LogP contribution in [-0.4, -0.2) is 32.7 Å². The number of halogens is 1. The first kappa shape index (κ1) is 14.4. The number of ether oxygens (including phenoxy) is 1. The summed E-state index contributed by atoms with van der Waals surface area (Å²) in [5.41, 5.74) is 0.831. The van der Waals surface area contributed by atoms with Crippen LogP contribution in [0.1, 0.15) is 12.5 Å². The Morgan fingerprint density at radius 2 is 2.22 bits per heavy atom. The summed E-state index contributed by atoms with van der Waals surface area (Å²) in [4.78, 5) is 11.3. The second kappa shape index (κ2) is 7.66. The Balaban J connectivity index is 2.35. The predicted octanol–water partition coefficient (Wildman–Crippen LogP) is 1.10. The summed E-state index contributed by atoms with van der Waals surface area (Å²) in [6.07, 6.45) is 0.596. The van der Waals surface area contributed by atoms with Crippen molar-refractivity contribution in [3.63, 3.8) is 0 Å². The Morgan fingerprint density at radius 1 is 1.44 bits per heavy atom. The van der Waals surface area contributed by atoms with Crippen LogP contribution in [0.4, 0.5) is 4.39 Å². The van der Waals surface area contributed by atoms with Crippen LogP contribution in [0.2, 0.25) is 0 Å². The lowest BCUT2D eigenvalue weighted by molar-refractivity contribution is -0.120. The van der Waals surface area contributed by atoms with E-state index in [0.29, 0.717) is 19.5 Å². The van der Waals surface area contributed by atoms with Gasteiger partial charge in [-0.05, 0) is 30.7 Å². The van der Waals surface area contributed by atoms with E-state index in [1.807, 2.05) is 6.92 Å². The van der Waals surface area contributed by atoms with Crippen LogP contribution >= 0.6 is 0 Å². The number of likely N-dealkylation sites (N-methyl/N-ethyl adjacent to an activating group) is 1. The fourth-order valence-electron chi connectivity index (χ4n) is 1.51. The van der Waals surface area contributed by atoms with Crippen molar-refractivity contribution < 1.29 is 13.9 Å². The molecule has 0 heterocycles. The Hall–Kier alpha value is -1.62. The first-order valence-corrected chi connectivity index (χ1v) is 5.97. The zero-order chi connectivity index (χ0) is 13.4. The summed E-state index contributed by atoms with van der Waals surface area (Å²) in [5, 5.41) is 5.69. The monoisotopic (exact) mass is 254 g/mol. The maximum atomic E-state index is 13.4. The van der Waals surface area contributed by atoms with E-state index in [0.717, 1.165) is 12.1 Å². The SMILES string of the molecule is CCNCC(=O)NCCc1ccc(OC)c(F)c1. The minimum absolute atomic E-state index is 0.0502. The molecule has 0 saturated heterocycles. The van der Waals surface area contributed by atoms with E-state index < -0.39 is 0 Å². The Kier molecular flexibility index (Phi) is 6.14. The maximum Gasteiger partial charge on any atom is 0.233 e. The zero-order valence-corrected chi connectivity index (χ0v) is 10.8. The molecule has 0 bridgehead atoms. The van der Waals surface area contributed by atoms with Gasteiger partial charge in [0.1, 0.15) is 0 Å². The minimum atomic E-state index is -0.381. The molecule has 0 aromatic heterocycles. The number of hydrogen-bond donors (Lipinski definition) is 2. The van der Waals surface area contributed by atoms with Gasteiger partial charge in [0.2, 0.25) is 5.91 Å². The number of methoxy groups -OCH3 is 1. The lowest BCUT2D eigenvalue weighted by Gasteiger charge is -2.07. The number of amides is 1. The zero-order valence-electron chi connectivity index (χ0n) is 10.8. The van der Waals surface area contributed by atoms with E-state index in [1.165, 1.54) is 13.2 Å². The highest BCUT2D eigenvalue weighted by molar-refractivity contribution is 5.77. The van der Waals surface area contributed by atoms with Crippen molar-refractivity contribution in [2.24, 2.45) is 0 Å². The molecule has 18 heavy (non-hydrogen) atoms. The van der Waals surface area contributed by atoms with E-state index in [9.17, 15) is 9.18 Å². The molecule has 0 fully saturated rings. The van der Waals surface area contributed by atoms with Gasteiger partial charge in [0.25, 0.3) is 0 Å². The average molecular weight is 254 g/mol. The molecule has 5 heteroatoms. The largest absolute Gasteiger partial charge is 0.494 e. The summed E-state index contributed by atoms with van der Waals surface area (Å²) in [6, 6.07) is 4.80. The van der Waals surface area contributed by atoms with Crippen molar-refractivity contribution in [3.05, 3.63) is 29.6 Å². The quantitative estimate of drug-likeness (QED) is 0.766. The van der Waals surface area contributed by atoms with Gasteiger partial charge in [0.15, 0.2) is 11.6 Å². The Morgan fingerprint density at radius 3 is 2.83 bits per heavy atom. The molecule has 1 rings (SSSR count). The molecule has 0 spiro atoms. The molecule has 0 saturated carbocycles. The van der Waals surface area contributed by atoms with E-state index in [2.05, 4.69) is 10.6 Å². The minimum Gasteiger partial charge on any atom is -0.494 e. The highest BCUT2D eigenvalue weighted by atomic mass is 19.1. The van der Waals surface area contributed by atoms with Crippen LogP contribution < -0.4 is 15.4 Å². The first-order valence-electron chi connectivity index (χ1n) is 5.97. The number of hydrogen-bond acceptors (Lipinski definition) is 3. The third kappa shape index (κ3) is 4.71. The molecule has 2 N–H and O–H groups in total. The highest BCUT2D eigenvalue weighted by Gasteiger charge is 2.04. The van der Waals surface area contributed by atoms with Gasteiger partial charge in [-0.3, -0.25) is 4.79 Å². The number of carbonyl (C=O) groups is 1. The number of carbonyl (C=O) groups excluding carboxylic acids is 1. The second-order valence-electron chi connectivity index (χ2n) is 3.85. The van der Waals surface area contributed by atoms with Crippen molar-refractivity contribution in [1.82, 2.24) is 10.6 Å². The Bertz CT molecular complexity index is 397. The van der Waals surface area contributed by atoms with Gasteiger partial charge in [-0.15, -0.1) is 0 Å². The van der Waals surface area contributed by atoms with Gasteiger partial charge in [-0.25, -0.2) is 4.39 Å². The van der Waals surface area contributed by atoms with Gasteiger partial charge in [-0.2, -0.15) is 0 Å². The van der Waals surface area contributed by atoms with E-state index in [1.54, 1.807) is 12.1 Å². The van der Waals surface area contributed by atoms with Crippen LogP contribution in [0.3, 0.4) is 0 Å². The topological polar surface area (TPSA) is 50.4 Å². The average Bonchev–Trinajstić information content (AvgIpc) is 2.36. The van der Waals surface area contributed by atoms with Crippen LogP contribution in [0.25, 0.3) is 0 Å². The van der Waals surface area contributed by atoms with Crippen LogP contribution in [0.5, 0.6) is 5.75 Å². The molecule has 0 atom stereocenters. The van der Waals surface area contributed by atoms with E-state index in [-0.39, 0.29) is 17.5 Å². The molecular formula is C13H19FN2O2.